The van der Waals surface area contributed by atoms with Gasteiger partial charge >= 0.3 is 0 Å². The molecule has 5 rings (SSSR count). The molecule has 2 aliphatic rings. The summed E-state index contributed by atoms with van der Waals surface area (Å²) in [6, 6.07) is 8.71. The van der Waals surface area contributed by atoms with Gasteiger partial charge in [0, 0.05) is 6.04 Å². The van der Waals surface area contributed by atoms with Gasteiger partial charge in [-0.25, -0.2) is 15.0 Å². The van der Waals surface area contributed by atoms with Crippen LogP contribution in [0.5, 0.6) is 0 Å². The topological polar surface area (TPSA) is 126 Å². The predicted molar refractivity (Wildman–Crippen MR) is 104 cm³/mol. The zero-order valence-electron chi connectivity index (χ0n) is 15.7. The van der Waals surface area contributed by atoms with E-state index in [9.17, 15) is 15.3 Å². The molecule has 0 radical (unpaired) electrons. The Kier molecular flexibility index (Phi) is 4.67. The average molecular weight is 397 g/mol. The van der Waals surface area contributed by atoms with E-state index in [0.717, 1.165) is 19.3 Å². The molecule has 1 fully saturated rings. The van der Waals surface area contributed by atoms with Gasteiger partial charge in [-0.2, -0.15) is 0 Å². The summed E-state index contributed by atoms with van der Waals surface area (Å²) in [5.74, 6) is 0.630. The lowest BCUT2D eigenvalue weighted by Gasteiger charge is -2.25. The maximum atomic E-state index is 10.3. The Morgan fingerprint density at radius 2 is 1.93 bits per heavy atom. The van der Waals surface area contributed by atoms with E-state index in [-0.39, 0.29) is 12.6 Å². The second-order valence-corrected chi connectivity index (χ2v) is 7.63. The number of rotatable bonds is 4. The molecule has 1 saturated heterocycles. The Bertz CT molecular complexity index is 1030. The predicted octanol–water partition coefficient (Wildman–Crippen LogP) is 0.407. The van der Waals surface area contributed by atoms with Crippen molar-refractivity contribution in [1.29, 1.82) is 0 Å². The van der Waals surface area contributed by atoms with Crippen molar-refractivity contribution in [2.75, 3.05) is 11.9 Å². The van der Waals surface area contributed by atoms with Crippen LogP contribution in [0.15, 0.2) is 36.9 Å². The van der Waals surface area contributed by atoms with Gasteiger partial charge in [0.2, 0.25) is 0 Å². The third kappa shape index (κ3) is 3.16. The van der Waals surface area contributed by atoms with Crippen LogP contribution in [0.2, 0.25) is 0 Å². The molecule has 1 aliphatic heterocycles. The van der Waals surface area contributed by atoms with Crippen LogP contribution < -0.4 is 5.32 Å². The normalized spacial score (nSPS) is 29.1. The van der Waals surface area contributed by atoms with E-state index in [0.29, 0.717) is 17.0 Å². The van der Waals surface area contributed by atoms with Gasteiger partial charge in [-0.1, -0.05) is 24.3 Å². The maximum Gasteiger partial charge on any atom is 0.167 e. The molecule has 1 aromatic carbocycles. The Morgan fingerprint density at radius 3 is 2.72 bits per heavy atom. The number of aliphatic hydroxyl groups excluding tert-OH is 3. The van der Waals surface area contributed by atoms with Crippen LogP contribution in [-0.4, -0.2) is 65.8 Å². The minimum absolute atomic E-state index is 0.238. The lowest BCUT2D eigenvalue weighted by atomic mass is 9.88. The number of aromatic nitrogens is 4. The smallest absolute Gasteiger partial charge is 0.167 e. The van der Waals surface area contributed by atoms with Gasteiger partial charge in [-0.3, -0.25) is 4.57 Å². The second-order valence-electron chi connectivity index (χ2n) is 7.63. The van der Waals surface area contributed by atoms with E-state index < -0.39 is 24.5 Å². The van der Waals surface area contributed by atoms with Crippen molar-refractivity contribution in [2.24, 2.45) is 0 Å². The zero-order valence-corrected chi connectivity index (χ0v) is 15.7. The van der Waals surface area contributed by atoms with Gasteiger partial charge in [-0.05, 0) is 30.4 Å². The molecule has 0 bridgehead atoms. The summed E-state index contributed by atoms with van der Waals surface area (Å²) in [6.07, 6.45) is 1.79. The number of nitrogens with one attached hydrogen (secondary N) is 1. The highest BCUT2D eigenvalue weighted by molar-refractivity contribution is 5.82. The van der Waals surface area contributed by atoms with Crippen molar-refractivity contribution in [3.05, 3.63) is 48.0 Å². The van der Waals surface area contributed by atoms with Crippen LogP contribution >= 0.6 is 0 Å². The fourth-order valence-corrected chi connectivity index (χ4v) is 4.27. The SMILES string of the molecule is OC[C@H]1OC(n2cnc3c(NC4CCc5ccccc5C4)ncnc32)[C@H](O)[C@@H]1O. The fraction of sp³-hybridized carbons (Fsp3) is 0.450. The number of anilines is 1. The number of hydrogen-bond donors (Lipinski definition) is 4. The van der Waals surface area contributed by atoms with Crippen LogP contribution in [0.3, 0.4) is 0 Å². The van der Waals surface area contributed by atoms with Gasteiger partial charge in [0.1, 0.15) is 24.6 Å². The number of ether oxygens (including phenoxy) is 1. The number of fused-ring (bicyclic) bond motifs is 2. The third-order valence-corrected chi connectivity index (χ3v) is 5.84. The first-order valence-corrected chi connectivity index (χ1v) is 9.79. The summed E-state index contributed by atoms with van der Waals surface area (Å²) >= 11 is 0. The van der Waals surface area contributed by atoms with Crippen LogP contribution in [-0.2, 0) is 17.6 Å². The highest BCUT2D eigenvalue weighted by Crippen LogP contribution is 2.32. The van der Waals surface area contributed by atoms with E-state index in [4.69, 9.17) is 4.74 Å². The number of benzene rings is 1. The Labute approximate surface area is 167 Å². The van der Waals surface area contributed by atoms with Crippen LogP contribution in [0.1, 0.15) is 23.8 Å². The summed E-state index contributed by atoms with van der Waals surface area (Å²) in [4.78, 5) is 13.1. The quantitative estimate of drug-likeness (QED) is 0.499. The zero-order chi connectivity index (χ0) is 20.0. The first-order chi connectivity index (χ1) is 14.2. The number of hydrogen-bond acceptors (Lipinski definition) is 8. The highest BCUT2D eigenvalue weighted by Gasteiger charge is 2.44. The van der Waals surface area contributed by atoms with E-state index in [1.54, 1.807) is 4.57 Å². The van der Waals surface area contributed by atoms with Gasteiger partial charge in [-0.15, -0.1) is 0 Å². The van der Waals surface area contributed by atoms with E-state index in [1.165, 1.54) is 23.8 Å². The molecule has 4 N–H and O–H groups in total. The summed E-state index contributed by atoms with van der Waals surface area (Å²) < 4.78 is 7.18. The molecular formula is C20H23N5O4. The van der Waals surface area contributed by atoms with Crippen LogP contribution in [0, 0.1) is 0 Å². The second kappa shape index (κ2) is 7.34. The monoisotopic (exact) mass is 397 g/mol. The number of nitrogens with zero attached hydrogens (tertiary/aromatic N) is 4. The van der Waals surface area contributed by atoms with Crippen molar-refractivity contribution in [3.8, 4) is 0 Å². The van der Waals surface area contributed by atoms with Gasteiger partial charge in [0.05, 0.1) is 12.9 Å². The first-order valence-electron chi connectivity index (χ1n) is 9.79. The molecule has 2 aromatic heterocycles. The van der Waals surface area contributed by atoms with Crippen molar-refractivity contribution >= 4 is 17.0 Å². The maximum absolute atomic E-state index is 10.3. The minimum atomic E-state index is -1.19. The largest absolute Gasteiger partial charge is 0.394 e. The molecule has 9 nitrogen and oxygen atoms in total. The minimum Gasteiger partial charge on any atom is -0.394 e. The highest BCUT2D eigenvalue weighted by atomic mass is 16.6. The molecule has 5 atom stereocenters. The lowest BCUT2D eigenvalue weighted by Crippen LogP contribution is -2.33. The molecule has 29 heavy (non-hydrogen) atoms. The molecule has 3 aromatic rings. The Hall–Kier alpha value is -2.59. The standard InChI is InChI=1S/C20H23N5O4/c26-8-14-16(27)17(28)20(29-14)25-10-23-15-18(21-9-22-19(15)25)24-13-6-5-11-3-1-2-4-12(11)7-13/h1-4,9-10,13-14,16-17,20,26-28H,5-8H2,(H,21,22,24)/t13?,14-,16-,17-,20?/m1/s1. The summed E-state index contributed by atoms with van der Waals surface area (Å²) in [5, 5.41) is 33.2. The van der Waals surface area contributed by atoms with Crippen molar-refractivity contribution in [1.82, 2.24) is 19.5 Å². The van der Waals surface area contributed by atoms with Crippen molar-refractivity contribution in [2.45, 2.75) is 49.8 Å². The fourth-order valence-electron chi connectivity index (χ4n) is 4.27. The van der Waals surface area contributed by atoms with Crippen molar-refractivity contribution < 1.29 is 20.1 Å². The van der Waals surface area contributed by atoms with Gasteiger partial charge < -0.3 is 25.4 Å². The Morgan fingerprint density at radius 1 is 1.10 bits per heavy atom. The molecule has 9 heteroatoms. The number of aryl methyl sites for hydroxylation is 1. The lowest BCUT2D eigenvalue weighted by molar-refractivity contribution is -0.0511. The van der Waals surface area contributed by atoms with Gasteiger partial charge in [0.25, 0.3) is 0 Å². The molecule has 152 valence electrons. The van der Waals surface area contributed by atoms with E-state index in [1.807, 2.05) is 0 Å². The molecule has 1 aliphatic carbocycles. The van der Waals surface area contributed by atoms with E-state index in [2.05, 4.69) is 44.5 Å². The van der Waals surface area contributed by atoms with E-state index >= 15 is 0 Å². The van der Waals surface area contributed by atoms with Gasteiger partial charge in [0.15, 0.2) is 23.2 Å². The summed E-state index contributed by atoms with van der Waals surface area (Å²) in [7, 11) is 0. The first kappa shape index (κ1) is 18.4. The number of imidazole rings is 1. The summed E-state index contributed by atoms with van der Waals surface area (Å²) in [6.45, 7) is -0.383. The van der Waals surface area contributed by atoms with Crippen LogP contribution in [0.25, 0.3) is 11.2 Å². The number of aliphatic hydroxyl groups is 3. The van der Waals surface area contributed by atoms with Crippen molar-refractivity contribution in [3.63, 3.8) is 0 Å². The average Bonchev–Trinajstić information content (AvgIpc) is 3.30. The molecule has 2 unspecified atom stereocenters. The van der Waals surface area contributed by atoms with Crippen LogP contribution in [0.4, 0.5) is 5.82 Å². The summed E-state index contributed by atoms with van der Waals surface area (Å²) in [5.41, 5.74) is 3.81. The Balaban J connectivity index is 1.41. The third-order valence-electron chi connectivity index (χ3n) is 5.84. The molecular weight excluding hydrogens is 374 g/mol. The molecule has 0 spiro atoms. The molecule has 3 heterocycles. The molecule has 0 amide bonds. The molecule has 0 saturated carbocycles.